The first-order valence-electron chi connectivity index (χ1n) is 6.98. The van der Waals surface area contributed by atoms with Crippen molar-refractivity contribution in [2.45, 2.75) is 25.5 Å². The van der Waals surface area contributed by atoms with Gasteiger partial charge < -0.3 is 4.74 Å². The number of ether oxygens (including phenoxy) is 1. The van der Waals surface area contributed by atoms with Gasteiger partial charge in [-0.15, -0.1) is 0 Å². The maximum atomic E-state index is 12.2. The first-order chi connectivity index (χ1) is 10.2. The summed E-state index contributed by atoms with van der Waals surface area (Å²) in [5.41, 5.74) is 1.18. The van der Waals surface area contributed by atoms with Crippen molar-refractivity contribution >= 4 is 16.8 Å². The van der Waals surface area contributed by atoms with Gasteiger partial charge in [0.25, 0.3) is 5.91 Å². The summed E-state index contributed by atoms with van der Waals surface area (Å²) in [4.78, 5) is 21.3. The number of aromatic nitrogens is 3. The van der Waals surface area contributed by atoms with E-state index in [4.69, 9.17) is 9.57 Å². The fourth-order valence-electron chi connectivity index (χ4n) is 2.52. The van der Waals surface area contributed by atoms with Gasteiger partial charge in [-0.2, -0.15) is 5.10 Å². The number of carbonyl (C=O) groups excluding carboxylic acids is 1. The van der Waals surface area contributed by atoms with Gasteiger partial charge >= 0.3 is 0 Å². The Kier molecular flexibility index (Phi) is 3.85. The molecule has 1 atom stereocenters. The fourth-order valence-corrected chi connectivity index (χ4v) is 2.52. The average Bonchev–Trinajstić information content (AvgIpc) is 2.98. The number of hydrogen-bond donors (Lipinski definition) is 0. The SMILES string of the molecule is CON(C)C(=O)c1nccc2c1cnn2C1CCCCO1. The lowest BCUT2D eigenvalue weighted by molar-refractivity contribution is -0.0759. The lowest BCUT2D eigenvalue weighted by Gasteiger charge is -2.23. The smallest absolute Gasteiger partial charge is 0.296 e. The minimum atomic E-state index is -0.299. The van der Waals surface area contributed by atoms with Crippen molar-refractivity contribution in [1.29, 1.82) is 0 Å². The topological polar surface area (TPSA) is 69.5 Å². The van der Waals surface area contributed by atoms with E-state index < -0.39 is 0 Å². The summed E-state index contributed by atoms with van der Waals surface area (Å²) in [7, 11) is 2.99. The number of carbonyl (C=O) groups is 1. The molecule has 2 aromatic heterocycles. The first kappa shape index (κ1) is 14.0. The van der Waals surface area contributed by atoms with Gasteiger partial charge in [0.05, 0.1) is 24.2 Å². The molecule has 1 amide bonds. The van der Waals surface area contributed by atoms with Crippen LogP contribution < -0.4 is 0 Å². The molecule has 2 aromatic rings. The van der Waals surface area contributed by atoms with E-state index in [1.165, 1.54) is 7.11 Å². The Balaban J connectivity index is 2.01. The van der Waals surface area contributed by atoms with Crippen molar-refractivity contribution in [3.63, 3.8) is 0 Å². The second kappa shape index (κ2) is 5.79. The van der Waals surface area contributed by atoms with Crippen LogP contribution in [0.1, 0.15) is 36.0 Å². The van der Waals surface area contributed by atoms with Crippen LogP contribution in [0, 0.1) is 0 Å². The molecule has 0 aliphatic carbocycles. The molecule has 0 saturated carbocycles. The number of hydroxylamine groups is 2. The molecule has 0 aromatic carbocycles. The van der Waals surface area contributed by atoms with E-state index in [1.807, 2.05) is 10.7 Å². The molecule has 7 heteroatoms. The molecule has 21 heavy (non-hydrogen) atoms. The van der Waals surface area contributed by atoms with Crippen molar-refractivity contribution in [3.05, 3.63) is 24.2 Å². The quantitative estimate of drug-likeness (QED) is 0.806. The zero-order valence-corrected chi connectivity index (χ0v) is 12.2. The van der Waals surface area contributed by atoms with Crippen molar-refractivity contribution < 1.29 is 14.4 Å². The highest BCUT2D eigenvalue weighted by molar-refractivity contribution is 6.03. The van der Waals surface area contributed by atoms with Gasteiger partial charge in [0.15, 0.2) is 6.23 Å². The molecule has 0 bridgehead atoms. The Hall–Kier alpha value is -1.99. The van der Waals surface area contributed by atoms with E-state index in [0.29, 0.717) is 11.1 Å². The minimum Gasteiger partial charge on any atom is -0.356 e. The highest BCUT2D eigenvalue weighted by Gasteiger charge is 2.22. The molecule has 3 heterocycles. The number of fused-ring (bicyclic) bond motifs is 1. The highest BCUT2D eigenvalue weighted by atomic mass is 16.7. The third-order valence-corrected chi connectivity index (χ3v) is 3.72. The third-order valence-electron chi connectivity index (χ3n) is 3.72. The van der Waals surface area contributed by atoms with Crippen molar-refractivity contribution in [3.8, 4) is 0 Å². The Bertz CT molecular complexity index is 649. The average molecular weight is 290 g/mol. The van der Waals surface area contributed by atoms with Gasteiger partial charge in [-0.05, 0) is 25.3 Å². The van der Waals surface area contributed by atoms with Crippen LogP contribution in [0.15, 0.2) is 18.5 Å². The van der Waals surface area contributed by atoms with Gasteiger partial charge in [0.1, 0.15) is 5.69 Å². The van der Waals surface area contributed by atoms with Crippen LogP contribution in [0.25, 0.3) is 10.9 Å². The maximum Gasteiger partial charge on any atom is 0.296 e. The Morgan fingerprint density at radius 2 is 2.38 bits per heavy atom. The summed E-state index contributed by atoms with van der Waals surface area (Å²) < 4.78 is 7.59. The number of hydrogen-bond acceptors (Lipinski definition) is 5. The molecule has 1 unspecified atom stereocenters. The Morgan fingerprint density at radius 3 is 3.10 bits per heavy atom. The molecule has 3 rings (SSSR count). The molecule has 112 valence electrons. The van der Waals surface area contributed by atoms with Crippen molar-refractivity contribution in [2.75, 3.05) is 20.8 Å². The fraction of sp³-hybridized carbons (Fsp3) is 0.500. The monoisotopic (exact) mass is 290 g/mol. The zero-order chi connectivity index (χ0) is 14.8. The first-order valence-corrected chi connectivity index (χ1v) is 6.98. The van der Waals surface area contributed by atoms with Gasteiger partial charge in [0.2, 0.25) is 0 Å². The lowest BCUT2D eigenvalue weighted by Crippen LogP contribution is -2.26. The summed E-state index contributed by atoms with van der Waals surface area (Å²) in [6, 6.07) is 1.85. The van der Waals surface area contributed by atoms with E-state index in [0.717, 1.165) is 36.4 Å². The van der Waals surface area contributed by atoms with Gasteiger partial charge in [-0.1, -0.05) is 0 Å². The molecule has 0 spiro atoms. The van der Waals surface area contributed by atoms with Crippen LogP contribution in [0.3, 0.4) is 0 Å². The molecule has 1 saturated heterocycles. The van der Waals surface area contributed by atoms with Crippen LogP contribution in [-0.2, 0) is 9.57 Å². The molecular formula is C14H18N4O3. The van der Waals surface area contributed by atoms with Crippen molar-refractivity contribution in [2.24, 2.45) is 0 Å². The lowest BCUT2D eigenvalue weighted by atomic mass is 10.2. The number of rotatable bonds is 3. The van der Waals surface area contributed by atoms with Crippen LogP contribution in [0.5, 0.6) is 0 Å². The molecule has 0 N–H and O–H groups in total. The summed E-state index contributed by atoms with van der Waals surface area (Å²) in [5, 5.41) is 6.25. The standard InChI is InChI=1S/C14H18N4O3/c1-17(20-2)14(19)13-10-9-16-18(11(10)6-7-15-13)12-5-3-4-8-21-12/h6-7,9,12H,3-5,8H2,1-2H3. The van der Waals surface area contributed by atoms with E-state index in [-0.39, 0.29) is 12.1 Å². The third kappa shape index (κ3) is 2.50. The molecule has 0 radical (unpaired) electrons. The number of nitrogens with zero attached hydrogens (tertiary/aromatic N) is 4. The molecule has 1 fully saturated rings. The van der Waals surface area contributed by atoms with Crippen molar-refractivity contribution in [1.82, 2.24) is 19.8 Å². The summed E-state index contributed by atoms with van der Waals surface area (Å²) >= 11 is 0. The molecule has 7 nitrogen and oxygen atoms in total. The van der Waals surface area contributed by atoms with Crippen LogP contribution in [0.2, 0.25) is 0 Å². The zero-order valence-electron chi connectivity index (χ0n) is 12.2. The predicted octanol–water partition coefficient (Wildman–Crippen LogP) is 1.76. The van der Waals surface area contributed by atoms with Gasteiger partial charge in [0, 0.05) is 19.9 Å². The highest BCUT2D eigenvalue weighted by Crippen LogP contribution is 2.27. The van der Waals surface area contributed by atoms with Gasteiger partial charge in [-0.3, -0.25) is 14.6 Å². The summed E-state index contributed by atoms with van der Waals surface area (Å²) in [5.74, 6) is -0.299. The second-order valence-electron chi connectivity index (χ2n) is 4.99. The minimum absolute atomic E-state index is 0.0678. The van der Waals surface area contributed by atoms with E-state index in [1.54, 1.807) is 19.4 Å². The predicted molar refractivity (Wildman–Crippen MR) is 75.5 cm³/mol. The van der Waals surface area contributed by atoms with Gasteiger partial charge in [-0.25, -0.2) is 9.75 Å². The van der Waals surface area contributed by atoms with E-state index in [2.05, 4.69) is 10.1 Å². The second-order valence-corrected chi connectivity index (χ2v) is 4.99. The van der Waals surface area contributed by atoms with E-state index >= 15 is 0 Å². The Labute approximate surface area is 122 Å². The summed E-state index contributed by atoms with van der Waals surface area (Å²) in [6.07, 6.45) is 6.34. The van der Waals surface area contributed by atoms with E-state index in [9.17, 15) is 4.79 Å². The summed E-state index contributed by atoms with van der Waals surface area (Å²) in [6.45, 7) is 0.745. The normalized spacial score (nSPS) is 18.9. The maximum absolute atomic E-state index is 12.2. The van der Waals surface area contributed by atoms with Crippen LogP contribution in [0.4, 0.5) is 0 Å². The number of pyridine rings is 1. The molecule has 1 aliphatic rings. The van der Waals surface area contributed by atoms with Crippen LogP contribution >= 0.6 is 0 Å². The van der Waals surface area contributed by atoms with Crippen LogP contribution in [-0.4, -0.2) is 46.5 Å². The molecule has 1 aliphatic heterocycles. The molecular weight excluding hydrogens is 272 g/mol. The number of amides is 1. The largest absolute Gasteiger partial charge is 0.356 e. The Morgan fingerprint density at radius 1 is 1.52 bits per heavy atom.